The van der Waals surface area contributed by atoms with Crippen molar-refractivity contribution in [3.8, 4) is 17.2 Å². The summed E-state index contributed by atoms with van der Waals surface area (Å²) in [6.45, 7) is 1.96. The van der Waals surface area contributed by atoms with E-state index in [2.05, 4.69) is 10.3 Å². The molecule has 4 rings (SSSR count). The molecule has 1 amide bonds. The first-order valence-electron chi connectivity index (χ1n) is 8.55. The van der Waals surface area contributed by atoms with Crippen molar-refractivity contribution < 1.29 is 13.9 Å². The van der Waals surface area contributed by atoms with Gasteiger partial charge in [-0.2, -0.15) is 0 Å². The summed E-state index contributed by atoms with van der Waals surface area (Å²) in [5, 5.41) is 2.90. The predicted octanol–water partition coefficient (Wildman–Crippen LogP) is 5.06. The zero-order valence-electron chi connectivity index (χ0n) is 15.0. The van der Waals surface area contributed by atoms with Crippen LogP contribution >= 0.6 is 0 Å². The molecule has 0 radical (unpaired) electrons. The average molecular weight is 358 g/mol. The molecule has 5 heteroatoms. The molecule has 5 nitrogen and oxygen atoms in total. The number of amides is 1. The fraction of sp³-hybridized carbons (Fsp3) is 0.0909. The quantitative estimate of drug-likeness (QED) is 0.553. The zero-order chi connectivity index (χ0) is 18.8. The molecule has 0 saturated carbocycles. The summed E-state index contributed by atoms with van der Waals surface area (Å²) in [4.78, 5) is 16.9. The summed E-state index contributed by atoms with van der Waals surface area (Å²) in [5.74, 6) is 1.14. The van der Waals surface area contributed by atoms with E-state index in [0.29, 0.717) is 22.7 Å². The molecule has 1 aromatic heterocycles. The zero-order valence-corrected chi connectivity index (χ0v) is 15.0. The number of oxazole rings is 1. The minimum Gasteiger partial charge on any atom is -0.497 e. The van der Waals surface area contributed by atoms with Crippen molar-refractivity contribution in [3.05, 3.63) is 77.9 Å². The van der Waals surface area contributed by atoms with E-state index < -0.39 is 0 Å². The predicted molar refractivity (Wildman–Crippen MR) is 105 cm³/mol. The lowest BCUT2D eigenvalue weighted by Crippen LogP contribution is -2.11. The topological polar surface area (TPSA) is 64.4 Å². The van der Waals surface area contributed by atoms with Gasteiger partial charge in [0, 0.05) is 22.9 Å². The molecule has 0 aliphatic carbocycles. The number of rotatable bonds is 4. The van der Waals surface area contributed by atoms with Crippen LogP contribution in [0, 0.1) is 6.92 Å². The van der Waals surface area contributed by atoms with E-state index in [-0.39, 0.29) is 5.91 Å². The summed E-state index contributed by atoms with van der Waals surface area (Å²) >= 11 is 0. The maximum atomic E-state index is 12.4. The van der Waals surface area contributed by atoms with Crippen molar-refractivity contribution in [2.24, 2.45) is 0 Å². The van der Waals surface area contributed by atoms with Crippen LogP contribution in [0.25, 0.3) is 22.6 Å². The smallest absolute Gasteiger partial charge is 0.255 e. The molecule has 3 aromatic carbocycles. The number of carbonyl (C=O) groups is 1. The number of ether oxygens (including phenoxy) is 1. The van der Waals surface area contributed by atoms with Gasteiger partial charge < -0.3 is 14.5 Å². The number of nitrogens with zero attached hydrogens (tertiary/aromatic N) is 1. The molecule has 0 atom stereocenters. The molecule has 0 unspecified atom stereocenters. The van der Waals surface area contributed by atoms with E-state index in [1.165, 1.54) is 0 Å². The summed E-state index contributed by atoms with van der Waals surface area (Å²) in [5.41, 5.74) is 4.52. The first-order chi connectivity index (χ1) is 13.1. The molecule has 27 heavy (non-hydrogen) atoms. The number of hydrogen-bond donors (Lipinski definition) is 1. The monoisotopic (exact) mass is 358 g/mol. The molecular formula is C22H18N2O3. The second-order valence-electron chi connectivity index (χ2n) is 6.25. The highest BCUT2D eigenvalue weighted by Gasteiger charge is 2.11. The maximum absolute atomic E-state index is 12.4. The van der Waals surface area contributed by atoms with Gasteiger partial charge in [0.1, 0.15) is 11.3 Å². The molecular weight excluding hydrogens is 340 g/mol. The van der Waals surface area contributed by atoms with Crippen molar-refractivity contribution in [1.82, 2.24) is 4.98 Å². The highest BCUT2D eigenvalue weighted by atomic mass is 16.5. The average Bonchev–Trinajstić information content (AvgIpc) is 3.11. The lowest BCUT2D eigenvalue weighted by atomic mass is 10.1. The molecule has 4 aromatic rings. The van der Waals surface area contributed by atoms with Gasteiger partial charge in [0.15, 0.2) is 5.58 Å². The second-order valence-corrected chi connectivity index (χ2v) is 6.25. The molecule has 0 spiro atoms. The van der Waals surface area contributed by atoms with Gasteiger partial charge in [0.05, 0.1) is 7.11 Å². The van der Waals surface area contributed by atoms with Crippen molar-refractivity contribution in [3.63, 3.8) is 0 Å². The number of aromatic nitrogens is 1. The van der Waals surface area contributed by atoms with Gasteiger partial charge in [-0.1, -0.05) is 17.7 Å². The SMILES string of the molecule is COc1ccc(-c2nc3ccc(NC(=O)c4cccc(C)c4)cc3o2)cc1. The van der Waals surface area contributed by atoms with E-state index in [4.69, 9.17) is 9.15 Å². The Bertz CT molecular complexity index is 1110. The summed E-state index contributed by atoms with van der Waals surface area (Å²) in [6, 6.07) is 20.4. The number of aryl methyl sites for hydroxylation is 1. The van der Waals surface area contributed by atoms with E-state index in [1.807, 2.05) is 61.5 Å². The number of fused-ring (bicyclic) bond motifs is 1. The Hall–Kier alpha value is -3.60. The third-order valence-electron chi connectivity index (χ3n) is 4.26. The fourth-order valence-corrected chi connectivity index (χ4v) is 2.85. The van der Waals surface area contributed by atoms with E-state index in [1.54, 1.807) is 19.2 Å². The van der Waals surface area contributed by atoms with Gasteiger partial charge in [-0.15, -0.1) is 0 Å². The number of methoxy groups -OCH3 is 1. The molecule has 0 aliphatic heterocycles. The van der Waals surface area contributed by atoms with Crippen molar-refractivity contribution in [2.45, 2.75) is 6.92 Å². The Labute approximate surface area is 156 Å². The van der Waals surface area contributed by atoms with Crippen LogP contribution in [0.15, 0.2) is 71.1 Å². The maximum Gasteiger partial charge on any atom is 0.255 e. The van der Waals surface area contributed by atoms with E-state index in [0.717, 1.165) is 22.4 Å². The highest BCUT2D eigenvalue weighted by molar-refractivity contribution is 6.05. The first-order valence-corrected chi connectivity index (χ1v) is 8.55. The standard InChI is InChI=1S/C22H18N2O3/c1-14-4-3-5-16(12-14)21(25)23-17-8-11-19-20(13-17)27-22(24-19)15-6-9-18(26-2)10-7-15/h3-13H,1-2H3,(H,23,25). The van der Waals surface area contributed by atoms with Crippen LogP contribution in [-0.2, 0) is 0 Å². The third kappa shape index (κ3) is 3.53. The largest absolute Gasteiger partial charge is 0.497 e. The number of benzene rings is 3. The molecule has 0 fully saturated rings. The Morgan fingerprint density at radius 1 is 1.04 bits per heavy atom. The molecule has 0 saturated heterocycles. The van der Waals surface area contributed by atoms with Gasteiger partial charge in [-0.25, -0.2) is 4.98 Å². The van der Waals surface area contributed by atoms with Crippen LogP contribution in [0.2, 0.25) is 0 Å². The Balaban J connectivity index is 1.59. The Morgan fingerprint density at radius 2 is 1.85 bits per heavy atom. The van der Waals surface area contributed by atoms with Crippen molar-refractivity contribution in [2.75, 3.05) is 12.4 Å². The fourth-order valence-electron chi connectivity index (χ4n) is 2.85. The lowest BCUT2D eigenvalue weighted by molar-refractivity contribution is 0.102. The number of hydrogen-bond acceptors (Lipinski definition) is 4. The van der Waals surface area contributed by atoms with Crippen LogP contribution in [0.4, 0.5) is 5.69 Å². The van der Waals surface area contributed by atoms with Crippen LogP contribution in [0.3, 0.4) is 0 Å². The molecule has 1 N–H and O–H groups in total. The number of anilines is 1. The normalized spacial score (nSPS) is 10.7. The van der Waals surface area contributed by atoms with E-state index >= 15 is 0 Å². The molecule has 0 aliphatic rings. The summed E-state index contributed by atoms with van der Waals surface area (Å²) in [6.07, 6.45) is 0. The van der Waals surface area contributed by atoms with Gasteiger partial charge >= 0.3 is 0 Å². The Morgan fingerprint density at radius 3 is 2.59 bits per heavy atom. The summed E-state index contributed by atoms with van der Waals surface area (Å²) < 4.78 is 11.0. The van der Waals surface area contributed by atoms with Crippen LogP contribution in [0.5, 0.6) is 5.75 Å². The number of nitrogens with one attached hydrogen (secondary N) is 1. The minimum atomic E-state index is -0.159. The van der Waals surface area contributed by atoms with Crippen molar-refractivity contribution >= 4 is 22.7 Å². The van der Waals surface area contributed by atoms with Gasteiger partial charge in [-0.3, -0.25) is 4.79 Å². The second kappa shape index (κ2) is 6.96. The third-order valence-corrected chi connectivity index (χ3v) is 4.26. The van der Waals surface area contributed by atoms with Crippen molar-refractivity contribution in [1.29, 1.82) is 0 Å². The highest BCUT2D eigenvalue weighted by Crippen LogP contribution is 2.27. The summed E-state index contributed by atoms with van der Waals surface area (Å²) in [7, 11) is 1.63. The van der Waals surface area contributed by atoms with Gasteiger partial charge in [0.25, 0.3) is 5.91 Å². The van der Waals surface area contributed by atoms with Gasteiger partial charge in [-0.05, 0) is 55.5 Å². The molecule has 0 bridgehead atoms. The molecule has 134 valence electrons. The Kier molecular flexibility index (Phi) is 4.34. The minimum absolute atomic E-state index is 0.159. The van der Waals surface area contributed by atoms with E-state index in [9.17, 15) is 4.79 Å². The van der Waals surface area contributed by atoms with Crippen LogP contribution in [-0.4, -0.2) is 18.0 Å². The van der Waals surface area contributed by atoms with Gasteiger partial charge in [0.2, 0.25) is 5.89 Å². The molecule has 1 heterocycles. The lowest BCUT2D eigenvalue weighted by Gasteiger charge is -2.05. The van der Waals surface area contributed by atoms with Crippen LogP contribution < -0.4 is 10.1 Å². The number of carbonyl (C=O) groups excluding carboxylic acids is 1. The van der Waals surface area contributed by atoms with Crippen LogP contribution in [0.1, 0.15) is 15.9 Å². The first kappa shape index (κ1) is 16.8.